The minimum absolute atomic E-state index is 0.0266. The van der Waals surface area contributed by atoms with Gasteiger partial charge in [-0.1, -0.05) is 6.07 Å². The Labute approximate surface area is 148 Å². The molecule has 0 saturated heterocycles. The average Bonchev–Trinajstić information content (AvgIpc) is 2.65. The fraction of sp³-hybridized carbons (Fsp3) is 0. The van der Waals surface area contributed by atoms with Gasteiger partial charge in [0.1, 0.15) is 5.75 Å². The Hall–Kier alpha value is -3.03. The Morgan fingerprint density at radius 1 is 0.885 bits per heavy atom. The Balaban J connectivity index is 2.82. The number of sulfonamides is 1. The van der Waals surface area contributed by atoms with Gasteiger partial charge in [-0.3, -0.25) is 26.3 Å². The van der Waals surface area contributed by atoms with Crippen molar-refractivity contribution in [2.75, 3.05) is 0 Å². The van der Waals surface area contributed by atoms with Crippen LogP contribution in [0.15, 0.2) is 41.3 Å². The highest BCUT2D eigenvalue weighted by Crippen LogP contribution is 2.33. The van der Waals surface area contributed by atoms with Gasteiger partial charge < -0.3 is 5.11 Å². The fourth-order valence-corrected chi connectivity index (χ4v) is 3.13. The van der Waals surface area contributed by atoms with Crippen LogP contribution < -0.4 is 33.2 Å². The lowest BCUT2D eigenvalue weighted by atomic mass is 9.96. The van der Waals surface area contributed by atoms with E-state index in [4.69, 9.17) is 17.5 Å². The number of rotatable bonds is 5. The fourth-order valence-electron chi connectivity index (χ4n) is 2.30. The molecule has 26 heavy (non-hydrogen) atoms. The molecule has 0 atom stereocenters. The molecule has 0 spiro atoms. The van der Waals surface area contributed by atoms with Gasteiger partial charge in [0.15, 0.2) is 0 Å². The van der Waals surface area contributed by atoms with Crippen LogP contribution in [0.5, 0.6) is 5.75 Å². The summed E-state index contributed by atoms with van der Waals surface area (Å²) in [7, 11) is -4.12. The Kier molecular flexibility index (Phi) is 5.54. The number of hydrogen-bond donors (Lipinski definition) is 7. The van der Waals surface area contributed by atoms with Crippen molar-refractivity contribution in [1.82, 2.24) is 15.7 Å². The molecule has 138 valence electrons. The quantitative estimate of drug-likeness (QED) is 0.183. The van der Waals surface area contributed by atoms with Gasteiger partial charge in [-0.2, -0.15) is 4.83 Å². The largest absolute Gasteiger partial charge is 0.508 e. The van der Waals surface area contributed by atoms with Crippen LogP contribution in [0.3, 0.4) is 0 Å². The summed E-state index contributed by atoms with van der Waals surface area (Å²) in [6.07, 6.45) is 0. The number of nitrogens with two attached hydrogens (primary N) is 3. The third-order valence-electron chi connectivity index (χ3n) is 3.49. The number of nitrogen functional groups attached to an aromatic ring is 2. The first-order valence-corrected chi connectivity index (χ1v) is 8.45. The van der Waals surface area contributed by atoms with Gasteiger partial charge in [-0.15, -0.1) is 0 Å². The summed E-state index contributed by atoms with van der Waals surface area (Å²) < 4.78 is 24.3. The highest BCUT2D eigenvalue weighted by Gasteiger charge is 2.23. The lowest BCUT2D eigenvalue weighted by Gasteiger charge is -2.14. The maximum Gasteiger partial charge on any atom is 0.265 e. The first-order valence-electron chi connectivity index (χ1n) is 6.97. The third kappa shape index (κ3) is 3.63. The zero-order valence-corrected chi connectivity index (χ0v) is 14.0. The predicted molar refractivity (Wildman–Crippen MR) is 91.4 cm³/mol. The van der Waals surface area contributed by atoms with Crippen LogP contribution in [0.4, 0.5) is 0 Å². The highest BCUT2D eigenvalue weighted by atomic mass is 32.2. The van der Waals surface area contributed by atoms with E-state index in [0.717, 1.165) is 18.2 Å². The molecular weight excluding hydrogens is 364 g/mol. The summed E-state index contributed by atoms with van der Waals surface area (Å²) >= 11 is 0. The number of phenols is 1. The highest BCUT2D eigenvalue weighted by molar-refractivity contribution is 7.89. The first kappa shape index (κ1) is 19.3. The molecule has 11 nitrogen and oxygen atoms in total. The van der Waals surface area contributed by atoms with Crippen molar-refractivity contribution in [2.45, 2.75) is 4.90 Å². The minimum atomic E-state index is -4.12. The van der Waals surface area contributed by atoms with Gasteiger partial charge in [-0.05, 0) is 35.9 Å². The number of amides is 2. The molecule has 2 amide bonds. The smallest absolute Gasteiger partial charge is 0.265 e. The van der Waals surface area contributed by atoms with Gasteiger partial charge in [0.2, 0.25) is 0 Å². The van der Waals surface area contributed by atoms with E-state index in [1.54, 1.807) is 4.83 Å². The molecule has 0 fully saturated rings. The maximum atomic E-state index is 12.2. The monoisotopic (exact) mass is 380 g/mol. The van der Waals surface area contributed by atoms with Crippen LogP contribution in [0.2, 0.25) is 0 Å². The Bertz CT molecular complexity index is 976. The SMILES string of the molecule is NNC(=O)c1ccc(-c2cc(O)ccc2S(=O)(=O)NN)c(C(=O)NN)c1. The number of hydrogen-bond acceptors (Lipinski definition) is 8. The molecule has 10 N–H and O–H groups in total. The van der Waals surface area contributed by atoms with Crippen LogP contribution in [0, 0.1) is 0 Å². The molecule has 2 rings (SSSR count). The van der Waals surface area contributed by atoms with E-state index in [1.807, 2.05) is 10.9 Å². The number of hydrazine groups is 3. The number of aromatic hydroxyl groups is 1. The molecule has 0 heterocycles. The maximum absolute atomic E-state index is 12.2. The van der Waals surface area contributed by atoms with E-state index < -0.39 is 21.8 Å². The lowest BCUT2D eigenvalue weighted by molar-refractivity contribution is 0.0953. The van der Waals surface area contributed by atoms with Crippen LogP contribution in [-0.2, 0) is 10.0 Å². The number of carbonyl (C=O) groups is 2. The van der Waals surface area contributed by atoms with Crippen LogP contribution in [-0.4, -0.2) is 25.3 Å². The topological polar surface area (TPSA) is 203 Å². The Morgan fingerprint density at radius 3 is 2.12 bits per heavy atom. The summed E-state index contributed by atoms with van der Waals surface area (Å²) in [5, 5.41) is 9.75. The molecule has 0 aromatic heterocycles. The minimum Gasteiger partial charge on any atom is -0.508 e. The molecule has 0 aliphatic heterocycles. The number of carbonyl (C=O) groups excluding carboxylic acids is 2. The second-order valence-corrected chi connectivity index (χ2v) is 6.69. The van der Waals surface area contributed by atoms with Crippen LogP contribution in [0.25, 0.3) is 11.1 Å². The van der Waals surface area contributed by atoms with Crippen LogP contribution >= 0.6 is 0 Å². The van der Waals surface area contributed by atoms with Gasteiger partial charge in [-0.25, -0.2) is 20.1 Å². The zero-order chi connectivity index (χ0) is 19.5. The van der Waals surface area contributed by atoms with Gasteiger partial charge in [0.05, 0.1) is 4.90 Å². The lowest BCUT2D eigenvalue weighted by Crippen LogP contribution is -2.33. The molecule has 0 radical (unpaired) electrons. The van der Waals surface area contributed by atoms with Crippen molar-refractivity contribution >= 4 is 21.8 Å². The van der Waals surface area contributed by atoms with E-state index in [1.165, 1.54) is 18.2 Å². The van der Waals surface area contributed by atoms with Crippen molar-refractivity contribution in [2.24, 2.45) is 17.5 Å². The van der Waals surface area contributed by atoms with Gasteiger partial charge in [0, 0.05) is 16.7 Å². The normalized spacial score (nSPS) is 11.0. The first-order chi connectivity index (χ1) is 12.2. The van der Waals surface area contributed by atoms with Crippen molar-refractivity contribution in [3.8, 4) is 16.9 Å². The van der Waals surface area contributed by atoms with Gasteiger partial charge in [0.25, 0.3) is 21.8 Å². The summed E-state index contributed by atoms with van der Waals surface area (Å²) in [4.78, 5) is 25.2. The van der Waals surface area contributed by atoms with E-state index >= 15 is 0 Å². The van der Waals surface area contributed by atoms with Crippen molar-refractivity contribution in [1.29, 1.82) is 0 Å². The standard InChI is InChI=1S/C14H16N6O5S/c15-18-13(22)7-1-3-9(11(5-7)14(23)19-16)10-6-8(21)2-4-12(10)26(24,25)20-17/h1-6,20-21H,15-17H2,(H,18,22)(H,19,23). The molecule has 12 heteroatoms. The summed E-state index contributed by atoms with van der Waals surface area (Å²) in [6.45, 7) is 0. The number of benzene rings is 2. The molecule has 0 unspecified atom stereocenters. The second kappa shape index (κ2) is 7.47. The van der Waals surface area contributed by atoms with E-state index in [9.17, 15) is 23.1 Å². The zero-order valence-electron chi connectivity index (χ0n) is 13.2. The molecule has 0 aliphatic carbocycles. The van der Waals surface area contributed by atoms with Crippen molar-refractivity contribution in [3.05, 3.63) is 47.5 Å². The number of phenolic OH excluding ortho intramolecular Hbond substituents is 1. The van der Waals surface area contributed by atoms with E-state index in [-0.39, 0.29) is 32.9 Å². The number of nitrogens with one attached hydrogen (secondary N) is 3. The second-order valence-electron chi connectivity index (χ2n) is 5.01. The summed E-state index contributed by atoms with van der Waals surface area (Å²) in [6, 6.07) is 7.21. The van der Waals surface area contributed by atoms with Gasteiger partial charge >= 0.3 is 0 Å². The predicted octanol–water partition coefficient (Wildman–Crippen LogP) is -1.58. The molecule has 0 saturated carbocycles. The molecule has 0 bridgehead atoms. The van der Waals surface area contributed by atoms with E-state index in [0.29, 0.717) is 0 Å². The summed E-state index contributed by atoms with van der Waals surface area (Å²) in [5.74, 6) is 13.6. The van der Waals surface area contributed by atoms with Crippen molar-refractivity contribution < 1.29 is 23.1 Å². The molecule has 2 aromatic rings. The summed E-state index contributed by atoms with van der Waals surface area (Å²) in [5.41, 5.74) is 3.81. The average molecular weight is 380 g/mol. The van der Waals surface area contributed by atoms with Crippen LogP contribution in [0.1, 0.15) is 20.7 Å². The third-order valence-corrected chi connectivity index (χ3v) is 4.73. The molecule has 0 aliphatic rings. The Morgan fingerprint density at radius 2 is 1.54 bits per heavy atom. The molecular formula is C14H16N6O5S. The van der Waals surface area contributed by atoms with E-state index in [2.05, 4.69) is 0 Å². The van der Waals surface area contributed by atoms with Crippen molar-refractivity contribution in [3.63, 3.8) is 0 Å². The molecule has 2 aromatic carbocycles.